The van der Waals surface area contributed by atoms with Crippen molar-refractivity contribution in [1.29, 1.82) is 0 Å². The molecule has 0 aromatic heterocycles. The third kappa shape index (κ3) is 2.90. The smallest absolute Gasteiger partial charge is 0.128 e. The summed E-state index contributed by atoms with van der Waals surface area (Å²) in [7, 11) is 1.90. The second-order valence-electron chi connectivity index (χ2n) is 5.54. The van der Waals surface area contributed by atoms with E-state index in [2.05, 4.69) is 24.1 Å². The molecule has 1 N–H and O–H groups in total. The molecule has 0 spiro atoms. The van der Waals surface area contributed by atoms with Gasteiger partial charge in [0.25, 0.3) is 0 Å². The highest BCUT2D eigenvalue weighted by atomic mass is 19.1. The number of likely N-dealkylation sites (tertiary alicyclic amines) is 1. The highest BCUT2D eigenvalue weighted by Crippen LogP contribution is 2.25. The van der Waals surface area contributed by atoms with Gasteiger partial charge in [0.2, 0.25) is 0 Å². The minimum Gasteiger partial charge on any atom is -0.312 e. The third-order valence-electron chi connectivity index (χ3n) is 4.13. The molecule has 2 rings (SSSR count). The van der Waals surface area contributed by atoms with Gasteiger partial charge >= 0.3 is 0 Å². The van der Waals surface area contributed by atoms with E-state index >= 15 is 0 Å². The maximum Gasteiger partial charge on any atom is 0.128 e. The van der Waals surface area contributed by atoms with E-state index in [-0.39, 0.29) is 11.9 Å². The summed E-state index contributed by atoms with van der Waals surface area (Å²) in [4.78, 5) is 2.43. The average molecular weight is 250 g/mol. The summed E-state index contributed by atoms with van der Waals surface area (Å²) in [6.45, 7) is 7.71. The van der Waals surface area contributed by atoms with E-state index in [0.29, 0.717) is 0 Å². The maximum atomic E-state index is 13.8. The van der Waals surface area contributed by atoms with Gasteiger partial charge in [0, 0.05) is 31.2 Å². The Labute approximate surface area is 109 Å². The van der Waals surface area contributed by atoms with Crippen molar-refractivity contribution in [2.75, 3.05) is 26.7 Å². The Morgan fingerprint density at radius 3 is 2.44 bits per heavy atom. The van der Waals surface area contributed by atoms with Gasteiger partial charge in [-0.3, -0.25) is 0 Å². The van der Waals surface area contributed by atoms with Crippen molar-refractivity contribution in [3.8, 4) is 0 Å². The Bertz CT molecular complexity index is 384. The topological polar surface area (TPSA) is 15.3 Å². The normalized spacial score (nSPS) is 26.4. The molecule has 3 unspecified atom stereocenters. The van der Waals surface area contributed by atoms with Crippen LogP contribution in [0.15, 0.2) is 24.3 Å². The van der Waals surface area contributed by atoms with Gasteiger partial charge in [-0.05, 0) is 24.9 Å². The van der Waals surface area contributed by atoms with Crippen LogP contribution < -0.4 is 5.32 Å². The number of nitrogens with one attached hydrogen (secondary N) is 1. The van der Waals surface area contributed by atoms with Crippen LogP contribution in [0.5, 0.6) is 0 Å². The molecule has 1 aromatic rings. The summed E-state index contributed by atoms with van der Waals surface area (Å²) in [5.41, 5.74) is 0.771. The highest BCUT2D eigenvalue weighted by Gasteiger charge is 2.28. The molecule has 1 aliphatic rings. The lowest BCUT2D eigenvalue weighted by Gasteiger charge is -2.24. The molecule has 3 atom stereocenters. The largest absolute Gasteiger partial charge is 0.312 e. The lowest BCUT2D eigenvalue weighted by Crippen LogP contribution is -2.33. The zero-order valence-electron chi connectivity index (χ0n) is 11.5. The molecule has 1 saturated heterocycles. The van der Waals surface area contributed by atoms with Gasteiger partial charge in [-0.25, -0.2) is 4.39 Å². The van der Waals surface area contributed by atoms with Crippen LogP contribution in [0.25, 0.3) is 0 Å². The van der Waals surface area contributed by atoms with Crippen molar-refractivity contribution >= 4 is 0 Å². The Morgan fingerprint density at radius 1 is 1.28 bits per heavy atom. The first-order chi connectivity index (χ1) is 8.61. The molecule has 100 valence electrons. The number of hydrogen-bond acceptors (Lipinski definition) is 2. The Morgan fingerprint density at radius 2 is 1.89 bits per heavy atom. The van der Waals surface area contributed by atoms with Crippen LogP contribution in [0.3, 0.4) is 0 Å². The monoisotopic (exact) mass is 250 g/mol. The predicted octanol–water partition coefficient (Wildman–Crippen LogP) is 2.67. The first-order valence-corrected chi connectivity index (χ1v) is 6.76. The zero-order chi connectivity index (χ0) is 13.1. The quantitative estimate of drug-likeness (QED) is 0.884. The van der Waals surface area contributed by atoms with Gasteiger partial charge in [0.1, 0.15) is 5.82 Å². The van der Waals surface area contributed by atoms with Gasteiger partial charge in [-0.2, -0.15) is 0 Å². The summed E-state index contributed by atoms with van der Waals surface area (Å²) in [5, 5.41) is 3.23. The molecule has 18 heavy (non-hydrogen) atoms. The summed E-state index contributed by atoms with van der Waals surface area (Å²) >= 11 is 0. The Kier molecular flexibility index (Phi) is 4.36. The van der Waals surface area contributed by atoms with E-state index in [9.17, 15) is 4.39 Å². The Balaban J connectivity index is 2.04. The second kappa shape index (κ2) is 5.81. The Hall–Kier alpha value is -0.930. The van der Waals surface area contributed by atoms with Crippen LogP contribution in [0.4, 0.5) is 4.39 Å². The van der Waals surface area contributed by atoms with Crippen molar-refractivity contribution in [2.45, 2.75) is 19.9 Å². The first kappa shape index (κ1) is 13.5. The van der Waals surface area contributed by atoms with E-state index in [4.69, 9.17) is 0 Å². The van der Waals surface area contributed by atoms with Gasteiger partial charge in [-0.15, -0.1) is 0 Å². The number of benzene rings is 1. The first-order valence-electron chi connectivity index (χ1n) is 6.76. The molecule has 2 nitrogen and oxygen atoms in total. The molecule has 3 heteroatoms. The van der Waals surface area contributed by atoms with E-state index < -0.39 is 0 Å². The fraction of sp³-hybridized carbons (Fsp3) is 0.600. The highest BCUT2D eigenvalue weighted by molar-refractivity contribution is 5.21. The van der Waals surface area contributed by atoms with E-state index in [0.717, 1.165) is 37.0 Å². The minimum absolute atomic E-state index is 0.0729. The minimum atomic E-state index is -0.114. The van der Waals surface area contributed by atoms with Gasteiger partial charge in [0.15, 0.2) is 0 Å². The van der Waals surface area contributed by atoms with E-state index in [1.807, 2.05) is 19.2 Å². The van der Waals surface area contributed by atoms with Crippen LogP contribution >= 0.6 is 0 Å². The second-order valence-corrected chi connectivity index (χ2v) is 5.54. The SMILES string of the molecule is CNC(CN1CC(C)C(C)C1)c1ccccc1F. The van der Waals surface area contributed by atoms with Crippen molar-refractivity contribution in [1.82, 2.24) is 10.2 Å². The van der Waals surface area contributed by atoms with Gasteiger partial charge in [-0.1, -0.05) is 32.0 Å². The molecular weight excluding hydrogens is 227 g/mol. The lowest BCUT2D eigenvalue weighted by atomic mass is 10.0. The van der Waals surface area contributed by atoms with E-state index in [1.165, 1.54) is 6.07 Å². The fourth-order valence-corrected chi connectivity index (χ4v) is 2.76. The van der Waals surface area contributed by atoms with Crippen LogP contribution in [-0.2, 0) is 0 Å². The summed E-state index contributed by atoms with van der Waals surface area (Å²) in [5.74, 6) is 1.36. The summed E-state index contributed by atoms with van der Waals surface area (Å²) in [6, 6.07) is 7.13. The van der Waals surface area contributed by atoms with Crippen LogP contribution in [-0.4, -0.2) is 31.6 Å². The summed E-state index contributed by atoms with van der Waals surface area (Å²) in [6.07, 6.45) is 0. The summed E-state index contributed by atoms with van der Waals surface area (Å²) < 4.78 is 13.8. The molecule has 1 heterocycles. The van der Waals surface area contributed by atoms with Crippen molar-refractivity contribution in [2.24, 2.45) is 11.8 Å². The van der Waals surface area contributed by atoms with Crippen molar-refractivity contribution in [3.05, 3.63) is 35.6 Å². The molecule has 1 aromatic carbocycles. The predicted molar refractivity (Wildman–Crippen MR) is 73.0 cm³/mol. The van der Waals surface area contributed by atoms with Crippen LogP contribution in [0.1, 0.15) is 25.5 Å². The van der Waals surface area contributed by atoms with Gasteiger partial charge < -0.3 is 10.2 Å². The standard InChI is InChI=1S/C15H23FN2/c1-11-8-18(9-12(11)2)10-15(17-3)13-6-4-5-7-14(13)16/h4-7,11-12,15,17H,8-10H2,1-3H3. The molecule has 0 bridgehead atoms. The molecule has 0 radical (unpaired) electrons. The molecule has 0 aliphatic carbocycles. The maximum absolute atomic E-state index is 13.8. The van der Waals surface area contributed by atoms with Crippen molar-refractivity contribution in [3.63, 3.8) is 0 Å². The van der Waals surface area contributed by atoms with Crippen molar-refractivity contribution < 1.29 is 4.39 Å². The van der Waals surface area contributed by atoms with Crippen LogP contribution in [0, 0.1) is 17.7 Å². The average Bonchev–Trinajstić information content (AvgIpc) is 2.66. The van der Waals surface area contributed by atoms with Crippen LogP contribution in [0.2, 0.25) is 0 Å². The lowest BCUT2D eigenvalue weighted by molar-refractivity contribution is 0.284. The zero-order valence-corrected chi connectivity index (χ0v) is 11.5. The number of rotatable bonds is 4. The molecule has 1 fully saturated rings. The third-order valence-corrected chi connectivity index (χ3v) is 4.13. The number of halogens is 1. The number of nitrogens with zero attached hydrogens (tertiary/aromatic N) is 1. The molecule has 0 amide bonds. The molecular formula is C15H23FN2. The molecule has 1 aliphatic heterocycles. The fourth-order valence-electron chi connectivity index (χ4n) is 2.76. The number of likely N-dealkylation sites (N-methyl/N-ethyl adjacent to an activating group) is 1. The van der Waals surface area contributed by atoms with E-state index in [1.54, 1.807) is 6.07 Å². The van der Waals surface area contributed by atoms with Gasteiger partial charge in [0.05, 0.1) is 0 Å². The molecule has 0 saturated carbocycles. The number of hydrogen-bond donors (Lipinski definition) is 1.